The summed E-state index contributed by atoms with van der Waals surface area (Å²) in [6, 6.07) is 0. The van der Waals surface area contributed by atoms with Gasteiger partial charge >= 0.3 is 20.4 Å². The van der Waals surface area contributed by atoms with Crippen LogP contribution < -0.4 is 0 Å². The van der Waals surface area contributed by atoms with Crippen LogP contribution in [0.4, 0.5) is 0 Å². The van der Waals surface area contributed by atoms with E-state index in [4.69, 9.17) is 0 Å². The van der Waals surface area contributed by atoms with Crippen molar-refractivity contribution >= 4 is 9.90 Å². The molecule has 2 rings (SSSR count). The standard InChI is InChI=1S/2C6H11.H3P.Pd/c2*1-2-4-6-5-3-1;;/h2*1H,2-6H2;1H3;/q2*-1;;+2. The fourth-order valence-electron chi connectivity index (χ4n) is 1.80. The van der Waals surface area contributed by atoms with Gasteiger partial charge in [-0.15, -0.1) is 0 Å². The molecule has 0 heterocycles. The first kappa shape index (κ1) is 17.5. The summed E-state index contributed by atoms with van der Waals surface area (Å²) < 4.78 is 0. The second-order valence-electron chi connectivity index (χ2n) is 3.85. The van der Waals surface area contributed by atoms with Crippen LogP contribution in [-0.4, -0.2) is 0 Å². The first-order valence-electron chi connectivity index (χ1n) is 5.63. The van der Waals surface area contributed by atoms with Crippen molar-refractivity contribution in [3.05, 3.63) is 12.8 Å². The van der Waals surface area contributed by atoms with Crippen molar-refractivity contribution in [3.8, 4) is 0 Å². The first-order chi connectivity index (χ1) is 6.00. The van der Waals surface area contributed by atoms with Gasteiger partial charge in [-0.2, -0.15) is 35.6 Å². The van der Waals surface area contributed by atoms with Gasteiger partial charge in [0.1, 0.15) is 0 Å². The van der Waals surface area contributed by atoms with Gasteiger partial charge in [-0.1, -0.05) is 38.5 Å². The van der Waals surface area contributed by atoms with Crippen molar-refractivity contribution in [2.45, 2.75) is 64.2 Å². The molecule has 0 saturated heterocycles. The molecule has 1 atom stereocenters. The molecule has 2 heteroatoms. The molecule has 0 nitrogen and oxygen atoms in total. The number of rotatable bonds is 0. The fraction of sp³-hybridized carbons (Fsp3) is 0.833. The van der Waals surface area contributed by atoms with E-state index in [1.54, 1.807) is 0 Å². The van der Waals surface area contributed by atoms with Gasteiger partial charge in [-0.25, -0.2) is 0 Å². The Bertz CT molecular complexity index is 53.3. The molecule has 0 aromatic carbocycles. The van der Waals surface area contributed by atoms with E-state index in [-0.39, 0.29) is 30.3 Å². The van der Waals surface area contributed by atoms with Gasteiger partial charge in [0.2, 0.25) is 0 Å². The fourth-order valence-corrected chi connectivity index (χ4v) is 1.80. The molecule has 0 N–H and O–H groups in total. The molecule has 0 aromatic rings. The second-order valence-corrected chi connectivity index (χ2v) is 3.85. The zero-order valence-electron chi connectivity index (χ0n) is 9.25. The van der Waals surface area contributed by atoms with E-state index in [9.17, 15) is 0 Å². The smallest absolute Gasteiger partial charge is 0.328 e. The molecule has 2 aliphatic carbocycles. The van der Waals surface area contributed by atoms with Gasteiger partial charge in [0, 0.05) is 0 Å². The number of hydrogen-bond donors (Lipinski definition) is 0. The van der Waals surface area contributed by atoms with Crippen LogP contribution in [0.25, 0.3) is 0 Å². The van der Waals surface area contributed by atoms with Gasteiger partial charge in [0.15, 0.2) is 0 Å². The van der Waals surface area contributed by atoms with Crippen LogP contribution in [0.2, 0.25) is 0 Å². The van der Waals surface area contributed by atoms with Crippen LogP contribution in [0.3, 0.4) is 0 Å². The summed E-state index contributed by atoms with van der Waals surface area (Å²) in [7, 11) is 0. The molecule has 88 valence electrons. The maximum absolute atomic E-state index is 2.39. The van der Waals surface area contributed by atoms with E-state index in [0.29, 0.717) is 0 Å². The Kier molecular flexibility index (Phi) is 17.6. The van der Waals surface area contributed by atoms with Gasteiger partial charge in [-0.05, 0) is 0 Å². The third-order valence-corrected chi connectivity index (χ3v) is 2.63. The molecule has 0 aliphatic heterocycles. The molecule has 0 amide bonds. The quantitative estimate of drug-likeness (QED) is 0.354. The van der Waals surface area contributed by atoms with Crippen molar-refractivity contribution in [2.75, 3.05) is 0 Å². The van der Waals surface area contributed by atoms with E-state index in [1.165, 1.54) is 64.2 Å². The second kappa shape index (κ2) is 14.1. The van der Waals surface area contributed by atoms with E-state index < -0.39 is 0 Å². The minimum absolute atomic E-state index is 0. The third kappa shape index (κ3) is 11.2. The molecule has 1 unspecified atom stereocenters. The average Bonchev–Trinajstić information content (AvgIpc) is 2.24. The minimum atomic E-state index is 0. The molecule has 2 saturated carbocycles. The summed E-state index contributed by atoms with van der Waals surface area (Å²) in [5.41, 5.74) is 0. The summed E-state index contributed by atoms with van der Waals surface area (Å²) in [6.45, 7) is 0. The Labute approximate surface area is 107 Å². The molecule has 14 heavy (non-hydrogen) atoms. The van der Waals surface area contributed by atoms with Crippen LogP contribution in [0.5, 0.6) is 0 Å². The van der Waals surface area contributed by atoms with Crippen molar-refractivity contribution in [1.29, 1.82) is 0 Å². The van der Waals surface area contributed by atoms with Gasteiger partial charge in [-0.3, -0.25) is 0 Å². The Morgan fingerprint density at radius 2 is 0.786 bits per heavy atom. The third-order valence-electron chi connectivity index (χ3n) is 2.63. The molecule has 0 bridgehead atoms. The van der Waals surface area contributed by atoms with Crippen LogP contribution in [0.15, 0.2) is 0 Å². The molecule has 2 aliphatic rings. The van der Waals surface area contributed by atoms with E-state index in [1.807, 2.05) is 0 Å². The van der Waals surface area contributed by atoms with Gasteiger partial charge < -0.3 is 12.8 Å². The summed E-state index contributed by atoms with van der Waals surface area (Å²) in [5, 5.41) is 0. The molecule has 2 fully saturated rings. The average molecular weight is 307 g/mol. The van der Waals surface area contributed by atoms with Crippen LogP contribution >= 0.6 is 9.90 Å². The predicted molar refractivity (Wildman–Crippen MR) is 65.9 cm³/mol. The van der Waals surface area contributed by atoms with E-state index in [0.717, 1.165) is 0 Å². The molecular formula is C12H25PPd. The zero-order valence-corrected chi connectivity index (χ0v) is 12.2. The minimum Gasteiger partial charge on any atom is -0.328 e. The van der Waals surface area contributed by atoms with E-state index in [2.05, 4.69) is 12.8 Å². The maximum Gasteiger partial charge on any atom is 2.00 e. The Morgan fingerprint density at radius 3 is 0.857 bits per heavy atom. The Balaban J connectivity index is 0. The molecule has 0 aromatic heterocycles. The monoisotopic (exact) mass is 306 g/mol. The summed E-state index contributed by atoms with van der Waals surface area (Å²) in [5.74, 6) is 0. The summed E-state index contributed by atoms with van der Waals surface area (Å²) >= 11 is 0. The Hall–Kier alpha value is 1.09. The van der Waals surface area contributed by atoms with Crippen LogP contribution in [0, 0.1) is 12.8 Å². The predicted octanol–water partition coefficient (Wildman–Crippen LogP) is 4.37. The van der Waals surface area contributed by atoms with Crippen molar-refractivity contribution < 1.29 is 20.4 Å². The van der Waals surface area contributed by atoms with Crippen LogP contribution in [0.1, 0.15) is 64.2 Å². The first-order valence-corrected chi connectivity index (χ1v) is 5.63. The van der Waals surface area contributed by atoms with E-state index >= 15 is 0 Å². The van der Waals surface area contributed by atoms with Crippen LogP contribution in [-0.2, 0) is 20.4 Å². The van der Waals surface area contributed by atoms with Crippen molar-refractivity contribution in [2.24, 2.45) is 0 Å². The summed E-state index contributed by atoms with van der Waals surface area (Å²) in [6.07, 6.45) is 19.0. The normalized spacial score (nSPS) is 20.6. The van der Waals surface area contributed by atoms with Gasteiger partial charge in [0.25, 0.3) is 0 Å². The Morgan fingerprint density at radius 1 is 0.500 bits per heavy atom. The van der Waals surface area contributed by atoms with Gasteiger partial charge in [0.05, 0.1) is 0 Å². The summed E-state index contributed by atoms with van der Waals surface area (Å²) in [4.78, 5) is 0. The molecule has 0 radical (unpaired) electrons. The topological polar surface area (TPSA) is 0 Å². The zero-order chi connectivity index (χ0) is 8.49. The number of hydrogen-bond acceptors (Lipinski definition) is 0. The molecular weight excluding hydrogens is 282 g/mol. The largest absolute Gasteiger partial charge is 2.00 e. The maximum atomic E-state index is 2.39. The SMILES string of the molecule is P.[CH-]1CCCCC1.[CH-]1CCCCC1.[Pd+2]. The van der Waals surface area contributed by atoms with Crippen molar-refractivity contribution in [3.63, 3.8) is 0 Å². The molecule has 0 spiro atoms. The van der Waals surface area contributed by atoms with Crippen molar-refractivity contribution in [1.82, 2.24) is 0 Å².